The third-order valence-corrected chi connectivity index (χ3v) is 5.19. The highest BCUT2D eigenvalue weighted by molar-refractivity contribution is 7.99. The molecule has 1 saturated heterocycles. The molecule has 2 N–H and O–H groups in total. The van der Waals surface area contributed by atoms with E-state index in [9.17, 15) is 9.59 Å². The molecule has 2 amide bonds. The number of aromatic nitrogens is 1. The molecule has 2 rings (SSSR count). The molecule has 20 heavy (non-hydrogen) atoms. The van der Waals surface area contributed by atoms with Gasteiger partial charge in [-0.15, -0.1) is 11.3 Å². The predicted molar refractivity (Wildman–Crippen MR) is 79.3 cm³/mol. The predicted octanol–water partition coefficient (Wildman–Crippen LogP) is 1.72. The SMILES string of the molecule is Cc1csc(C(C)NC(=O)N2CCSCC2C(=O)O)n1. The van der Waals surface area contributed by atoms with Crippen molar-refractivity contribution >= 4 is 35.1 Å². The first-order valence-electron chi connectivity index (χ1n) is 6.28. The van der Waals surface area contributed by atoms with Crippen LogP contribution in [0.3, 0.4) is 0 Å². The van der Waals surface area contributed by atoms with Crippen molar-refractivity contribution in [2.24, 2.45) is 0 Å². The molecule has 2 heterocycles. The summed E-state index contributed by atoms with van der Waals surface area (Å²) in [5.41, 5.74) is 0.920. The number of rotatable bonds is 3. The Kier molecular flexibility index (Phi) is 4.87. The standard InChI is InChI=1S/C12H17N3O3S2/c1-7-5-20-10(13-7)8(2)14-12(18)15-3-4-19-6-9(15)11(16)17/h5,8-9H,3-4,6H2,1-2H3,(H,14,18)(H,16,17). The van der Waals surface area contributed by atoms with Crippen LogP contribution in [0.1, 0.15) is 23.7 Å². The quantitative estimate of drug-likeness (QED) is 0.887. The van der Waals surface area contributed by atoms with Crippen LogP contribution >= 0.6 is 23.1 Å². The van der Waals surface area contributed by atoms with Gasteiger partial charge in [0.25, 0.3) is 0 Å². The molecule has 1 aromatic rings. The molecule has 0 bridgehead atoms. The fraction of sp³-hybridized carbons (Fsp3) is 0.583. The molecule has 1 aliphatic heterocycles. The molecule has 0 aliphatic carbocycles. The zero-order valence-electron chi connectivity index (χ0n) is 11.3. The normalized spacial score (nSPS) is 20.5. The van der Waals surface area contributed by atoms with Crippen molar-refractivity contribution in [3.63, 3.8) is 0 Å². The van der Waals surface area contributed by atoms with E-state index in [2.05, 4.69) is 10.3 Å². The van der Waals surface area contributed by atoms with E-state index in [1.165, 1.54) is 16.2 Å². The van der Waals surface area contributed by atoms with Crippen LogP contribution < -0.4 is 5.32 Å². The van der Waals surface area contributed by atoms with Gasteiger partial charge in [-0.2, -0.15) is 11.8 Å². The summed E-state index contributed by atoms with van der Waals surface area (Å²) in [6.07, 6.45) is 0. The number of thioether (sulfide) groups is 1. The highest BCUT2D eigenvalue weighted by atomic mass is 32.2. The van der Waals surface area contributed by atoms with Crippen LogP contribution in [0.5, 0.6) is 0 Å². The number of carbonyl (C=O) groups excluding carboxylic acids is 1. The van der Waals surface area contributed by atoms with E-state index >= 15 is 0 Å². The molecule has 0 saturated carbocycles. The molecule has 1 aromatic heterocycles. The van der Waals surface area contributed by atoms with Gasteiger partial charge >= 0.3 is 12.0 Å². The second kappa shape index (κ2) is 6.45. The number of nitrogens with zero attached hydrogens (tertiary/aromatic N) is 2. The summed E-state index contributed by atoms with van der Waals surface area (Å²) < 4.78 is 0. The Bertz CT molecular complexity index is 506. The number of hydrogen-bond acceptors (Lipinski definition) is 5. The topological polar surface area (TPSA) is 82.5 Å². The number of nitrogens with one attached hydrogen (secondary N) is 1. The lowest BCUT2D eigenvalue weighted by molar-refractivity contribution is -0.141. The van der Waals surface area contributed by atoms with Gasteiger partial charge in [-0.1, -0.05) is 0 Å². The molecule has 0 aromatic carbocycles. The molecular weight excluding hydrogens is 298 g/mol. The second-order valence-corrected chi connectivity index (χ2v) is 6.66. The number of aliphatic carboxylic acids is 1. The van der Waals surface area contributed by atoms with E-state index in [0.29, 0.717) is 12.3 Å². The van der Waals surface area contributed by atoms with Crippen LogP contribution in [-0.4, -0.2) is 51.1 Å². The smallest absolute Gasteiger partial charge is 0.327 e. The molecule has 6 nitrogen and oxygen atoms in total. The Morgan fingerprint density at radius 3 is 2.95 bits per heavy atom. The highest BCUT2D eigenvalue weighted by Gasteiger charge is 2.33. The van der Waals surface area contributed by atoms with Gasteiger partial charge in [0, 0.05) is 29.1 Å². The maximum atomic E-state index is 12.2. The van der Waals surface area contributed by atoms with Gasteiger partial charge in [0.2, 0.25) is 0 Å². The third kappa shape index (κ3) is 3.43. The van der Waals surface area contributed by atoms with E-state index in [1.807, 2.05) is 19.2 Å². The molecule has 0 spiro atoms. The number of aryl methyl sites for hydroxylation is 1. The summed E-state index contributed by atoms with van der Waals surface area (Å²) in [5, 5.41) is 14.7. The van der Waals surface area contributed by atoms with Gasteiger partial charge in [0.15, 0.2) is 0 Å². The average Bonchev–Trinajstić information content (AvgIpc) is 2.85. The number of hydrogen-bond donors (Lipinski definition) is 2. The summed E-state index contributed by atoms with van der Waals surface area (Å²) in [6.45, 7) is 4.21. The van der Waals surface area contributed by atoms with E-state index in [0.717, 1.165) is 16.5 Å². The van der Waals surface area contributed by atoms with Crippen LogP contribution in [0.15, 0.2) is 5.38 Å². The summed E-state index contributed by atoms with van der Waals surface area (Å²) in [7, 11) is 0. The Morgan fingerprint density at radius 2 is 2.35 bits per heavy atom. The molecule has 1 aliphatic rings. The summed E-state index contributed by atoms with van der Waals surface area (Å²) >= 11 is 3.05. The number of carboxylic acids is 1. The van der Waals surface area contributed by atoms with Crippen LogP contribution in [-0.2, 0) is 4.79 Å². The molecule has 8 heteroatoms. The largest absolute Gasteiger partial charge is 0.480 e. The van der Waals surface area contributed by atoms with Gasteiger partial charge in [-0.3, -0.25) is 0 Å². The number of amides is 2. The first-order valence-corrected chi connectivity index (χ1v) is 8.32. The van der Waals surface area contributed by atoms with Crippen molar-refractivity contribution in [1.29, 1.82) is 0 Å². The fourth-order valence-corrected chi connectivity index (χ4v) is 3.79. The number of thiazole rings is 1. The van der Waals surface area contributed by atoms with Crippen molar-refractivity contribution in [3.8, 4) is 0 Å². The first kappa shape index (κ1) is 15.1. The minimum atomic E-state index is -0.954. The van der Waals surface area contributed by atoms with Crippen molar-refractivity contribution in [2.75, 3.05) is 18.1 Å². The van der Waals surface area contributed by atoms with Crippen LogP contribution in [0.4, 0.5) is 4.79 Å². The van der Waals surface area contributed by atoms with Gasteiger partial charge in [-0.25, -0.2) is 14.6 Å². The van der Waals surface area contributed by atoms with E-state index in [4.69, 9.17) is 5.11 Å². The lowest BCUT2D eigenvalue weighted by Crippen LogP contribution is -2.54. The van der Waals surface area contributed by atoms with Crippen molar-refractivity contribution in [3.05, 3.63) is 16.1 Å². The average molecular weight is 315 g/mol. The molecule has 0 radical (unpaired) electrons. The maximum Gasteiger partial charge on any atom is 0.327 e. The summed E-state index contributed by atoms with van der Waals surface area (Å²) in [4.78, 5) is 29.1. The minimum Gasteiger partial charge on any atom is -0.480 e. The maximum absolute atomic E-state index is 12.2. The number of carbonyl (C=O) groups is 2. The van der Waals surface area contributed by atoms with Gasteiger partial charge in [-0.05, 0) is 13.8 Å². The third-order valence-electron chi connectivity index (χ3n) is 3.02. The number of carboxylic acid groups (broad SMARTS) is 1. The number of urea groups is 1. The van der Waals surface area contributed by atoms with Crippen LogP contribution in [0.2, 0.25) is 0 Å². The minimum absolute atomic E-state index is 0.217. The lowest BCUT2D eigenvalue weighted by atomic mass is 10.3. The van der Waals surface area contributed by atoms with Gasteiger partial charge in [0.05, 0.1) is 6.04 Å². The fourth-order valence-electron chi connectivity index (χ4n) is 1.95. The molecular formula is C12H17N3O3S2. The zero-order valence-corrected chi connectivity index (χ0v) is 13.0. The van der Waals surface area contributed by atoms with Crippen LogP contribution in [0, 0.1) is 6.92 Å². The second-order valence-electron chi connectivity index (χ2n) is 4.62. The van der Waals surface area contributed by atoms with Crippen LogP contribution in [0.25, 0.3) is 0 Å². The lowest BCUT2D eigenvalue weighted by Gasteiger charge is -2.33. The molecule has 110 valence electrons. The highest BCUT2D eigenvalue weighted by Crippen LogP contribution is 2.20. The molecule has 1 fully saturated rings. The summed E-state index contributed by atoms with van der Waals surface area (Å²) in [6, 6.07) is -1.30. The molecule has 2 unspecified atom stereocenters. The molecule has 2 atom stereocenters. The Labute approximate surface area is 125 Å². The van der Waals surface area contributed by atoms with E-state index in [-0.39, 0.29) is 12.1 Å². The Balaban J connectivity index is 2.01. The van der Waals surface area contributed by atoms with Gasteiger partial charge in [0.1, 0.15) is 11.0 Å². The van der Waals surface area contributed by atoms with E-state index < -0.39 is 12.0 Å². The van der Waals surface area contributed by atoms with E-state index in [1.54, 1.807) is 11.8 Å². The zero-order chi connectivity index (χ0) is 14.7. The van der Waals surface area contributed by atoms with Gasteiger partial charge < -0.3 is 15.3 Å². The summed E-state index contributed by atoms with van der Waals surface area (Å²) in [5.74, 6) is 0.250. The Hall–Kier alpha value is -1.28. The van der Waals surface area contributed by atoms with Crippen molar-refractivity contribution in [1.82, 2.24) is 15.2 Å². The monoisotopic (exact) mass is 315 g/mol. The van der Waals surface area contributed by atoms with Crippen molar-refractivity contribution < 1.29 is 14.7 Å². The van der Waals surface area contributed by atoms with Crippen molar-refractivity contribution in [2.45, 2.75) is 25.9 Å². The first-order chi connectivity index (χ1) is 9.49. The Morgan fingerprint density at radius 1 is 1.60 bits per heavy atom.